The van der Waals surface area contributed by atoms with Gasteiger partial charge in [0.05, 0.1) is 10.7 Å². The SMILES string of the molecule is CCN(c1ccc(C)cc1)S(=O)(=O)c1cc(N)ccc1Cl. The van der Waals surface area contributed by atoms with Gasteiger partial charge in [-0.2, -0.15) is 0 Å². The van der Waals surface area contributed by atoms with Crippen LogP contribution in [0.4, 0.5) is 11.4 Å². The lowest BCUT2D eigenvalue weighted by Crippen LogP contribution is -2.31. The third kappa shape index (κ3) is 3.14. The van der Waals surface area contributed by atoms with Gasteiger partial charge < -0.3 is 5.73 Å². The maximum absolute atomic E-state index is 12.8. The highest BCUT2D eigenvalue weighted by Crippen LogP contribution is 2.29. The van der Waals surface area contributed by atoms with E-state index < -0.39 is 10.0 Å². The van der Waals surface area contributed by atoms with Gasteiger partial charge in [-0.25, -0.2) is 8.42 Å². The summed E-state index contributed by atoms with van der Waals surface area (Å²) in [5, 5.41) is 0.162. The highest BCUT2D eigenvalue weighted by molar-refractivity contribution is 7.93. The van der Waals surface area contributed by atoms with Crippen LogP contribution < -0.4 is 10.0 Å². The van der Waals surface area contributed by atoms with Crippen LogP contribution in [0.5, 0.6) is 0 Å². The average Bonchev–Trinajstić information content (AvgIpc) is 2.44. The van der Waals surface area contributed by atoms with E-state index in [4.69, 9.17) is 17.3 Å². The zero-order valence-corrected chi connectivity index (χ0v) is 13.4. The highest BCUT2D eigenvalue weighted by atomic mass is 35.5. The van der Waals surface area contributed by atoms with Gasteiger partial charge in [-0.05, 0) is 44.2 Å². The van der Waals surface area contributed by atoms with Gasteiger partial charge >= 0.3 is 0 Å². The number of aryl methyl sites for hydroxylation is 1. The summed E-state index contributed by atoms with van der Waals surface area (Å²) in [4.78, 5) is 0.0200. The number of sulfonamides is 1. The van der Waals surface area contributed by atoms with Gasteiger partial charge in [0, 0.05) is 12.2 Å². The van der Waals surface area contributed by atoms with E-state index >= 15 is 0 Å². The Kier molecular flexibility index (Phi) is 4.44. The molecular formula is C15H17ClN2O2S. The van der Waals surface area contributed by atoms with E-state index in [1.807, 2.05) is 19.1 Å². The Morgan fingerprint density at radius 2 is 1.76 bits per heavy atom. The number of nitrogens with two attached hydrogens (primary N) is 1. The van der Waals surface area contributed by atoms with Crippen molar-refractivity contribution in [3.05, 3.63) is 53.1 Å². The fourth-order valence-corrected chi connectivity index (χ4v) is 4.02. The van der Waals surface area contributed by atoms with Gasteiger partial charge in [-0.3, -0.25) is 4.31 Å². The van der Waals surface area contributed by atoms with Crippen molar-refractivity contribution in [2.75, 3.05) is 16.6 Å². The van der Waals surface area contributed by atoms with Crippen molar-refractivity contribution in [2.45, 2.75) is 18.7 Å². The van der Waals surface area contributed by atoms with Crippen molar-refractivity contribution < 1.29 is 8.42 Å². The summed E-state index contributed by atoms with van der Waals surface area (Å²) < 4.78 is 26.9. The summed E-state index contributed by atoms with van der Waals surface area (Å²) in [6, 6.07) is 11.7. The molecule has 0 unspecified atom stereocenters. The standard InChI is InChI=1S/C15H17ClN2O2S/c1-3-18(13-7-4-11(2)5-8-13)21(19,20)15-10-12(17)6-9-14(15)16/h4-10H,3,17H2,1-2H3. The smallest absolute Gasteiger partial charge is 0.265 e. The van der Waals surface area contributed by atoms with E-state index in [1.165, 1.54) is 16.4 Å². The summed E-state index contributed by atoms with van der Waals surface area (Å²) in [6.45, 7) is 4.03. The summed E-state index contributed by atoms with van der Waals surface area (Å²) in [5.41, 5.74) is 7.70. The molecule has 21 heavy (non-hydrogen) atoms. The molecule has 0 atom stereocenters. The topological polar surface area (TPSA) is 63.4 Å². The normalized spacial score (nSPS) is 11.4. The lowest BCUT2D eigenvalue weighted by atomic mass is 10.2. The summed E-state index contributed by atoms with van der Waals surface area (Å²) in [5.74, 6) is 0. The second-order valence-corrected chi connectivity index (χ2v) is 6.93. The van der Waals surface area contributed by atoms with Crippen molar-refractivity contribution in [1.82, 2.24) is 0 Å². The van der Waals surface area contributed by atoms with Crippen LogP contribution in [0.3, 0.4) is 0 Å². The molecule has 6 heteroatoms. The molecule has 0 aliphatic heterocycles. The quantitative estimate of drug-likeness (QED) is 0.876. The first-order valence-electron chi connectivity index (χ1n) is 6.50. The molecule has 2 aromatic carbocycles. The summed E-state index contributed by atoms with van der Waals surface area (Å²) in [6.07, 6.45) is 0. The Bertz CT molecular complexity index is 743. The molecule has 0 spiro atoms. The van der Waals surface area contributed by atoms with Crippen LogP contribution in [0.15, 0.2) is 47.4 Å². The number of nitrogens with zero attached hydrogens (tertiary/aromatic N) is 1. The van der Waals surface area contributed by atoms with Crippen molar-refractivity contribution in [3.8, 4) is 0 Å². The van der Waals surface area contributed by atoms with Gasteiger partial charge in [0.1, 0.15) is 4.90 Å². The van der Waals surface area contributed by atoms with Gasteiger partial charge in [-0.1, -0.05) is 29.3 Å². The van der Waals surface area contributed by atoms with E-state index in [2.05, 4.69) is 0 Å². The molecule has 0 aromatic heterocycles. The zero-order valence-electron chi connectivity index (χ0n) is 11.9. The van der Waals surface area contributed by atoms with Gasteiger partial charge in [0.2, 0.25) is 0 Å². The molecule has 0 heterocycles. The van der Waals surface area contributed by atoms with Crippen LogP contribution in [0, 0.1) is 6.92 Å². The van der Waals surface area contributed by atoms with Crippen LogP contribution >= 0.6 is 11.6 Å². The third-order valence-electron chi connectivity index (χ3n) is 3.13. The van der Waals surface area contributed by atoms with E-state index in [0.29, 0.717) is 17.9 Å². The molecule has 0 saturated heterocycles. The number of hydrogen-bond acceptors (Lipinski definition) is 3. The summed E-state index contributed by atoms with van der Waals surface area (Å²) >= 11 is 6.03. The van der Waals surface area contributed by atoms with Crippen molar-refractivity contribution in [2.24, 2.45) is 0 Å². The van der Waals surface area contributed by atoms with Crippen LogP contribution in [0.25, 0.3) is 0 Å². The van der Waals surface area contributed by atoms with Crippen molar-refractivity contribution >= 4 is 33.0 Å². The molecular weight excluding hydrogens is 308 g/mol. The Hall–Kier alpha value is -1.72. The first-order valence-corrected chi connectivity index (χ1v) is 8.32. The number of anilines is 2. The van der Waals surface area contributed by atoms with Crippen LogP contribution in [-0.2, 0) is 10.0 Å². The van der Waals surface area contributed by atoms with E-state index in [9.17, 15) is 8.42 Å². The molecule has 0 aliphatic rings. The van der Waals surface area contributed by atoms with E-state index in [-0.39, 0.29) is 9.92 Å². The molecule has 4 nitrogen and oxygen atoms in total. The largest absolute Gasteiger partial charge is 0.399 e. The molecule has 2 aromatic rings. The number of benzene rings is 2. The average molecular weight is 325 g/mol. The van der Waals surface area contributed by atoms with E-state index in [0.717, 1.165) is 5.56 Å². The van der Waals surface area contributed by atoms with Gasteiger partial charge in [0.15, 0.2) is 0 Å². The fraction of sp³-hybridized carbons (Fsp3) is 0.200. The third-order valence-corrected chi connectivity index (χ3v) is 5.52. The lowest BCUT2D eigenvalue weighted by Gasteiger charge is -2.23. The highest BCUT2D eigenvalue weighted by Gasteiger charge is 2.26. The predicted molar refractivity (Wildman–Crippen MR) is 87.2 cm³/mol. The fourth-order valence-electron chi connectivity index (χ4n) is 2.04. The Morgan fingerprint density at radius 3 is 2.33 bits per heavy atom. The second kappa shape index (κ2) is 5.95. The Balaban J connectivity index is 2.54. The first-order chi connectivity index (χ1) is 9.86. The molecule has 0 fully saturated rings. The zero-order chi connectivity index (χ0) is 15.6. The predicted octanol–water partition coefficient (Wildman–Crippen LogP) is 3.45. The number of halogens is 1. The minimum Gasteiger partial charge on any atom is -0.399 e. The van der Waals surface area contributed by atoms with Crippen LogP contribution in [0.1, 0.15) is 12.5 Å². The van der Waals surface area contributed by atoms with Crippen LogP contribution in [-0.4, -0.2) is 15.0 Å². The molecule has 0 radical (unpaired) electrons. The van der Waals surface area contributed by atoms with Crippen LogP contribution in [0.2, 0.25) is 5.02 Å². The van der Waals surface area contributed by atoms with Crippen molar-refractivity contribution in [3.63, 3.8) is 0 Å². The Labute approximate surface area is 130 Å². The molecule has 2 N–H and O–H groups in total. The number of rotatable bonds is 4. The second-order valence-electron chi connectivity index (χ2n) is 4.70. The summed E-state index contributed by atoms with van der Waals surface area (Å²) in [7, 11) is -3.75. The lowest BCUT2D eigenvalue weighted by molar-refractivity contribution is 0.592. The monoisotopic (exact) mass is 324 g/mol. The minimum absolute atomic E-state index is 0.0200. The molecule has 0 bridgehead atoms. The molecule has 0 amide bonds. The minimum atomic E-state index is -3.75. The molecule has 0 saturated carbocycles. The van der Waals surface area contributed by atoms with Gasteiger partial charge in [0.25, 0.3) is 10.0 Å². The maximum Gasteiger partial charge on any atom is 0.265 e. The molecule has 0 aliphatic carbocycles. The van der Waals surface area contributed by atoms with Crippen molar-refractivity contribution in [1.29, 1.82) is 0 Å². The van der Waals surface area contributed by atoms with E-state index in [1.54, 1.807) is 25.1 Å². The number of nitrogen functional groups attached to an aromatic ring is 1. The maximum atomic E-state index is 12.8. The van der Waals surface area contributed by atoms with Gasteiger partial charge in [-0.15, -0.1) is 0 Å². The number of hydrogen-bond donors (Lipinski definition) is 1. The molecule has 2 rings (SSSR count). The molecule has 112 valence electrons. The first kappa shape index (κ1) is 15.7. The Morgan fingerprint density at radius 1 is 1.14 bits per heavy atom.